The van der Waals surface area contributed by atoms with Gasteiger partial charge >= 0.3 is 0 Å². The third kappa shape index (κ3) is 3.25. The van der Waals surface area contributed by atoms with Crippen molar-refractivity contribution in [2.24, 2.45) is 0 Å². The van der Waals surface area contributed by atoms with Crippen LogP contribution in [0.1, 0.15) is 18.5 Å². The minimum absolute atomic E-state index is 0.00868. The molecular weight excluding hydrogens is 336 g/mol. The van der Waals surface area contributed by atoms with Gasteiger partial charge in [0.25, 0.3) is 0 Å². The topological polar surface area (TPSA) is 12.0 Å². The lowest BCUT2D eigenvalue weighted by Crippen LogP contribution is -2.11. The third-order valence-corrected chi connectivity index (χ3v) is 3.66. The molecule has 2 aromatic rings. The van der Waals surface area contributed by atoms with Crippen LogP contribution in [0.2, 0.25) is 5.02 Å². The van der Waals surface area contributed by atoms with Gasteiger partial charge < -0.3 is 5.32 Å². The van der Waals surface area contributed by atoms with Crippen LogP contribution >= 0.6 is 27.5 Å². The van der Waals surface area contributed by atoms with Crippen LogP contribution in [-0.2, 0) is 0 Å². The summed E-state index contributed by atoms with van der Waals surface area (Å²) in [7, 11) is 0. The van der Waals surface area contributed by atoms with Gasteiger partial charge in [-0.1, -0.05) is 17.7 Å². The van der Waals surface area contributed by atoms with Crippen LogP contribution in [0.25, 0.3) is 0 Å². The molecular formula is C14H11BrClF2N. The molecule has 0 aliphatic heterocycles. The Morgan fingerprint density at radius 2 is 1.79 bits per heavy atom. The fourth-order valence-electron chi connectivity index (χ4n) is 1.84. The van der Waals surface area contributed by atoms with Crippen LogP contribution in [0.4, 0.5) is 14.5 Å². The maximum Gasteiger partial charge on any atom is 0.131 e. The molecule has 0 aromatic heterocycles. The van der Waals surface area contributed by atoms with Crippen LogP contribution in [0.15, 0.2) is 40.9 Å². The normalized spacial score (nSPS) is 12.3. The van der Waals surface area contributed by atoms with Crippen molar-refractivity contribution in [2.75, 3.05) is 5.32 Å². The summed E-state index contributed by atoms with van der Waals surface area (Å²) < 4.78 is 28.1. The van der Waals surface area contributed by atoms with Gasteiger partial charge in [-0.3, -0.25) is 0 Å². The monoisotopic (exact) mass is 345 g/mol. The Morgan fingerprint density at radius 3 is 2.42 bits per heavy atom. The van der Waals surface area contributed by atoms with E-state index < -0.39 is 17.7 Å². The van der Waals surface area contributed by atoms with Gasteiger partial charge in [-0.25, -0.2) is 8.78 Å². The molecule has 1 N–H and O–H groups in total. The lowest BCUT2D eigenvalue weighted by atomic mass is 10.1. The van der Waals surface area contributed by atoms with E-state index in [4.69, 9.17) is 11.6 Å². The van der Waals surface area contributed by atoms with E-state index in [0.717, 1.165) is 4.47 Å². The largest absolute Gasteiger partial charge is 0.377 e. The first-order valence-electron chi connectivity index (χ1n) is 5.64. The highest BCUT2D eigenvalue weighted by atomic mass is 79.9. The predicted octanol–water partition coefficient (Wildman–Crippen LogP) is 5.55. The van der Waals surface area contributed by atoms with Crippen molar-refractivity contribution in [3.8, 4) is 0 Å². The fraction of sp³-hybridized carbons (Fsp3) is 0.143. The Labute approximate surface area is 123 Å². The molecule has 0 saturated carbocycles. The van der Waals surface area contributed by atoms with E-state index in [1.807, 2.05) is 0 Å². The van der Waals surface area contributed by atoms with E-state index in [-0.39, 0.29) is 5.56 Å². The smallest absolute Gasteiger partial charge is 0.131 e. The molecule has 0 saturated heterocycles. The van der Waals surface area contributed by atoms with Gasteiger partial charge in [0, 0.05) is 15.1 Å². The summed E-state index contributed by atoms with van der Waals surface area (Å²) in [5.41, 5.74) is 0.692. The molecule has 100 valence electrons. The number of benzene rings is 2. The number of hydrogen-bond acceptors (Lipinski definition) is 1. The summed E-state index contributed by atoms with van der Waals surface area (Å²) in [6.45, 7) is 1.69. The van der Waals surface area contributed by atoms with Gasteiger partial charge in [0.05, 0.1) is 11.7 Å². The zero-order valence-corrected chi connectivity index (χ0v) is 12.4. The highest BCUT2D eigenvalue weighted by molar-refractivity contribution is 9.10. The maximum atomic E-state index is 13.7. The minimum Gasteiger partial charge on any atom is -0.377 e. The summed E-state index contributed by atoms with van der Waals surface area (Å²) in [4.78, 5) is 0. The van der Waals surface area contributed by atoms with Crippen LogP contribution < -0.4 is 5.32 Å². The second-order valence-corrected chi connectivity index (χ2v) is 5.42. The fourth-order valence-corrected chi connectivity index (χ4v) is 2.37. The zero-order valence-electron chi connectivity index (χ0n) is 10.1. The molecule has 1 unspecified atom stereocenters. The van der Waals surface area contributed by atoms with Crippen molar-refractivity contribution in [1.29, 1.82) is 0 Å². The number of rotatable bonds is 3. The molecule has 0 radical (unpaired) electrons. The molecule has 0 amide bonds. The molecule has 0 heterocycles. The molecule has 0 fully saturated rings. The minimum atomic E-state index is -0.571. The van der Waals surface area contributed by atoms with Crippen molar-refractivity contribution >= 4 is 33.2 Å². The molecule has 0 bridgehead atoms. The summed E-state index contributed by atoms with van der Waals surface area (Å²) in [6, 6.07) is 8.50. The SMILES string of the molecule is CC(Nc1cc(Cl)ccc1Br)c1c(F)cccc1F. The number of anilines is 1. The highest BCUT2D eigenvalue weighted by Gasteiger charge is 2.16. The van der Waals surface area contributed by atoms with Crippen LogP contribution in [0.5, 0.6) is 0 Å². The molecule has 0 spiro atoms. The van der Waals surface area contributed by atoms with Gasteiger partial charge in [0.15, 0.2) is 0 Å². The summed E-state index contributed by atoms with van der Waals surface area (Å²) in [5.74, 6) is -1.14. The highest BCUT2D eigenvalue weighted by Crippen LogP contribution is 2.30. The Kier molecular flexibility index (Phi) is 4.42. The maximum absolute atomic E-state index is 13.7. The average molecular weight is 347 g/mol. The number of halogens is 4. The van der Waals surface area contributed by atoms with Crippen LogP contribution in [-0.4, -0.2) is 0 Å². The van der Waals surface area contributed by atoms with Crippen molar-refractivity contribution in [2.45, 2.75) is 13.0 Å². The molecule has 2 aromatic carbocycles. The van der Waals surface area contributed by atoms with Gasteiger partial charge in [0.1, 0.15) is 11.6 Å². The number of nitrogens with one attached hydrogen (secondary N) is 1. The van der Waals surface area contributed by atoms with E-state index in [1.165, 1.54) is 18.2 Å². The van der Waals surface area contributed by atoms with E-state index in [0.29, 0.717) is 10.7 Å². The van der Waals surface area contributed by atoms with Crippen molar-refractivity contribution < 1.29 is 8.78 Å². The first-order valence-corrected chi connectivity index (χ1v) is 6.81. The zero-order chi connectivity index (χ0) is 14.0. The predicted molar refractivity (Wildman–Crippen MR) is 77.5 cm³/mol. The standard InChI is InChI=1S/C14H11BrClF2N/c1-8(14-11(17)3-2-4-12(14)18)19-13-7-9(16)5-6-10(13)15/h2-8,19H,1H3. The second kappa shape index (κ2) is 5.88. The molecule has 0 aliphatic rings. The van der Waals surface area contributed by atoms with Gasteiger partial charge in [0.2, 0.25) is 0 Å². The van der Waals surface area contributed by atoms with Gasteiger partial charge in [-0.15, -0.1) is 0 Å². The molecule has 19 heavy (non-hydrogen) atoms. The first kappa shape index (κ1) is 14.3. The molecule has 2 rings (SSSR count). The molecule has 1 atom stereocenters. The van der Waals surface area contributed by atoms with Gasteiger partial charge in [-0.2, -0.15) is 0 Å². The average Bonchev–Trinajstić information content (AvgIpc) is 2.33. The summed E-state index contributed by atoms with van der Waals surface area (Å²) in [6.07, 6.45) is 0. The van der Waals surface area contributed by atoms with Crippen LogP contribution in [0, 0.1) is 11.6 Å². The van der Waals surface area contributed by atoms with Crippen molar-refractivity contribution in [1.82, 2.24) is 0 Å². The van der Waals surface area contributed by atoms with Crippen molar-refractivity contribution in [3.05, 3.63) is 63.1 Å². The third-order valence-electron chi connectivity index (χ3n) is 2.73. The molecule has 1 nitrogen and oxygen atoms in total. The Balaban J connectivity index is 2.31. The number of hydrogen-bond donors (Lipinski definition) is 1. The van der Waals surface area contributed by atoms with E-state index in [1.54, 1.807) is 25.1 Å². The summed E-state index contributed by atoms with van der Waals surface area (Å²) in [5, 5.41) is 3.59. The second-order valence-electron chi connectivity index (χ2n) is 4.13. The molecule has 5 heteroatoms. The Hall–Kier alpha value is -1.13. The quantitative estimate of drug-likeness (QED) is 0.768. The lowest BCUT2D eigenvalue weighted by Gasteiger charge is -2.18. The van der Waals surface area contributed by atoms with Gasteiger partial charge in [-0.05, 0) is 53.2 Å². The Morgan fingerprint density at radius 1 is 1.16 bits per heavy atom. The van der Waals surface area contributed by atoms with Crippen molar-refractivity contribution in [3.63, 3.8) is 0 Å². The van der Waals surface area contributed by atoms with E-state index in [2.05, 4.69) is 21.2 Å². The lowest BCUT2D eigenvalue weighted by molar-refractivity contribution is 0.544. The summed E-state index contributed by atoms with van der Waals surface area (Å²) >= 11 is 9.26. The Bertz CT molecular complexity index is 584. The molecule has 0 aliphatic carbocycles. The van der Waals surface area contributed by atoms with E-state index >= 15 is 0 Å². The van der Waals surface area contributed by atoms with Crippen LogP contribution in [0.3, 0.4) is 0 Å². The van der Waals surface area contributed by atoms with E-state index in [9.17, 15) is 8.78 Å². The first-order chi connectivity index (χ1) is 8.99.